The number of aliphatic hydroxyl groups is 1. The molecule has 94 valence electrons. The zero-order chi connectivity index (χ0) is 12.5. The lowest BCUT2D eigenvalue weighted by Crippen LogP contribution is -2.26. The van der Waals surface area contributed by atoms with Crippen LogP contribution in [0.3, 0.4) is 0 Å². The number of aliphatic hydroxyl groups excluding tert-OH is 1. The number of carbonyl (C=O) groups excluding carboxylic acids is 1. The Kier molecular flexibility index (Phi) is 6.74. The quantitative estimate of drug-likeness (QED) is 0.729. The van der Waals surface area contributed by atoms with Gasteiger partial charge in [-0.25, -0.2) is 0 Å². The van der Waals surface area contributed by atoms with E-state index in [0.29, 0.717) is 6.54 Å². The molecule has 1 rings (SSSR count). The van der Waals surface area contributed by atoms with Crippen LogP contribution in [0.4, 0.5) is 0 Å². The molecule has 0 spiro atoms. The topological polar surface area (TPSA) is 49.3 Å². The summed E-state index contributed by atoms with van der Waals surface area (Å²) in [5.41, 5.74) is 1.22. The Morgan fingerprint density at radius 3 is 2.65 bits per heavy atom. The fourth-order valence-corrected chi connectivity index (χ4v) is 2.12. The number of thioether (sulfide) groups is 1. The van der Waals surface area contributed by atoms with E-state index in [1.807, 2.05) is 11.8 Å². The molecule has 0 aliphatic carbocycles. The first kappa shape index (κ1) is 14.1. The lowest BCUT2D eigenvalue weighted by Gasteiger charge is -2.05. The molecule has 0 heterocycles. The Balaban J connectivity index is 2.29. The first-order valence-electron chi connectivity index (χ1n) is 5.85. The van der Waals surface area contributed by atoms with Gasteiger partial charge in [0.1, 0.15) is 0 Å². The molecular weight excluding hydrogens is 234 g/mol. The molecule has 17 heavy (non-hydrogen) atoms. The minimum absolute atomic E-state index is 0.0885. The van der Waals surface area contributed by atoms with Gasteiger partial charge in [-0.05, 0) is 29.9 Å². The number of rotatable bonds is 7. The predicted octanol–water partition coefficient (Wildman–Crippen LogP) is 1.84. The van der Waals surface area contributed by atoms with Gasteiger partial charge in [-0.15, -0.1) is 11.8 Å². The fourth-order valence-electron chi connectivity index (χ4n) is 1.46. The van der Waals surface area contributed by atoms with E-state index in [9.17, 15) is 4.79 Å². The van der Waals surface area contributed by atoms with E-state index in [-0.39, 0.29) is 18.9 Å². The van der Waals surface area contributed by atoms with Gasteiger partial charge in [0.25, 0.3) is 0 Å². The van der Waals surface area contributed by atoms with E-state index < -0.39 is 0 Å². The largest absolute Gasteiger partial charge is 0.396 e. The predicted molar refractivity (Wildman–Crippen MR) is 71.3 cm³/mol. The highest BCUT2D eigenvalue weighted by Gasteiger charge is 1.99. The fraction of sp³-hybridized carbons (Fsp3) is 0.462. The highest BCUT2D eigenvalue weighted by Crippen LogP contribution is 2.17. The standard InChI is InChI=1S/C13H19NO2S/c1-2-17-12-5-3-11(4-6-12)7-9-14-13(16)8-10-15/h3-6,15H,2,7-10H2,1H3,(H,14,16). The monoisotopic (exact) mass is 253 g/mol. The molecule has 0 aliphatic rings. The van der Waals surface area contributed by atoms with Gasteiger partial charge in [0.15, 0.2) is 0 Å². The van der Waals surface area contributed by atoms with Crippen LogP contribution in [0.2, 0.25) is 0 Å². The van der Waals surface area contributed by atoms with E-state index in [1.54, 1.807) is 0 Å². The molecule has 0 atom stereocenters. The minimum Gasteiger partial charge on any atom is -0.396 e. The third kappa shape index (κ3) is 5.75. The maximum Gasteiger partial charge on any atom is 0.222 e. The molecule has 0 fully saturated rings. The summed E-state index contributed by atoms with van der Waals surface area (Å²) in [7, 11) is 0. The van der Waals surface area contributed by atoms with E-state index >= 15 is 0 Å². The van der Waals surface area contributed by atoms with E-state index in [0.717, 1.165) is 12.2 Å². The van der Waals surface area contributed by atoms with Crippen LogP contribution < -0.4 is 5.32 Å². The van der Waals surface area contributed by atoms with Crippen molar-refractivity contribution >= 4 is 17.7 Å². The van der Waals surface area contributed by atoms with Crippen molar-refractivity contribution in [3.05, 3.63) is 29.8 Å². The Bertz CT molecular complexity index is 338. The van der Waals surface area contributed by atoms with Crippen LogP contribution >= 0.6 is 11.8 Å². The van der Waals surface area contributed by atoms with Crippen LogP contribution in [0.25, 0.3) is 0 Å². The van der Waals surface area contributed by atoms with Gasteiger partial charge in [-0.2, -0.15) is 0 Å². The molecule has 1 amide bonds. The number of hydrogen-bond acceptors (Lipinski definition) is 3. The van der Waals surface area contributed by atoms with Crippen LogP contribution in [0, 0.1) is 0 Å². The number of amides is 1. The van der Waals surface area contributed by atoms with E-state index in [2.05, 4.69) is 36.5 Å². The Morgan fingerprint density at radius 1 is 1.35 bits per heavy atom. The summed E-state index contributed by atoms with van der Waals surface area (Å²) in [4.78, 5) is 12.4. The lowest BCUT2D eigenvalue weighted by atomic mass is 10.1. The lowest BCUT2D eigenvalue weighted by molar-refractivity contribution is -0.121. The second-order valence-corrected chi connectivity index (χ2v) is 4.99. The molecule has 0 aliphatic heterocycles. The van der Waals surface area contributed by atoms with Crippen molar-refractivity contribution in [2.45, 2.75) is 24.7 Å². The van der Waals surface area contributed by atoms with Gasteiger partial charge in [-0.1, -0.05) is 19.1 Å². The molecule has 0 radical (unpaired) electrons. The zero-order valence-electron chi connectivity index (χ0n) is 10.1. The first-order chi connectivity index (χ1) is 8.26. The van der Waals surface area contributed by atoms with Crippen molar-refractivity contribution in [1.29, 1.82) is 0 Å². The van der Waals surface area contributed by atoms with Gasteiger partial charge in [0, 0.05) is 17.9 Å². The van der Waals surface area contributed by atoms with Crippen molar-refractivity contribution in [2.75, 3.05) is 18.9 Å². The number of nitrogens with one attached hydrogen (secondary N) is 1. The summed E-state index contributed by atoms with van der Waals surface area (Å²) in [5.74, 6) is 0.988. The molecule has 3 nitrogen and oxygen atoms in total. The smallest absolute Gasteiger partial charge is 0.222 e. The minimum atomic E-state index is -0.0920. The zero-order valence-corrected chi connectivity index (χ0v) is 10.9. The third-order valence-corrected chi connectivity index (χ3v) is 3.20. The summed E-state index contributed by atoms with van der Waals surface area (Å²) in [6.45, 7) is 2.67. The van der Waals surface area contributed by atoms with Crippen LogP contribution in [-0.2, 0) is 11.2 Å². The maximum absolute atomic E-state index is 11.1. The summed E-state index contributed by atoms with van der Waals surface area (Å²) in [5, 5.41) is 11.3. The number of carbonyl (C=O) groups is 1. The Morgan fingerprint density at radius 2 is 2.06 bits per heavy atom. The summed E-state index contributed by atoms with van der Waals surface area (Å²) < 4.78 is 0. The summed E-state index contributed by atoms with van der Waals surface area (Å²) in [6, 6.07) is 8.41. The molecule has 0 saturated carbocycles. The molecule has 4 heteroatoms. The summed E-state index contributed by atoms with van der Waals surface area (Å²) >= 11 is 1.82. The van der Waals surface area contributed by atoms with Crippen molar-refractivity contribution < 1.29 is 9.90 Å². The third-order valence-electron chi connectivity index (χ3n) is 2.31. The molecule has 1 aromatic rings. The van der Waals surface area contributed by atoms with Gasteiger partial charge >= 0.3 is 0 Å². The molecule has 2 N–H and O–H groups in total. The van der Waals surface area contributed by atoms with Crippen molar-refractivity contribution in [3.8, 4) is 0 Å². The van der Waals surface area contributed by atoms with E-state index in [1.165, 1.54) is 10.5 Å². The average molecular weight is 253 g/mol. The van der Waals surface area contributed by atoms with Crippen LogP contribution in [0.1, 0.15) is 18.9 Å². The average Bonchev–Trinajstić information content (AvgIpc) is 2.32. The van der Waals surface area contributed by atoms with Gasteiger partial charge in [0.05, 0.1) is 6.61 Å². The molecule has 0 saturated heterocycles. The first-order valence-corrected chi connectivity index (χ1v) is 6.84. The van der Waals surface area contributed by atoms with Crippen molar-refractivity contribution in [3.63, 3.8) is 0 Å². The van der Waals surface area contributed by atoms with E-state index in [4.69, 9.17) is 5.11 Å². The normalized spacial score (nSPS) is 10.2. The Hall–Kier alpha value is -1.00. The number of benzene rings is 1. The molecule has 0 bridgehead atoms. The van der Waals surface area contributed by atoms with Crippen LogP contribution in [0.5, 0.6) is 0 Å². The molecule has 1 aromatic carbocycles. The highest BCUT2D eigenvalue weighted by molar-refractivity contribution is 7.99. The van der Waals surface area contributed by atoms with Gasteiger partial charge in [0.2, 0.25) is 5.91 Å². The molecular formula is C13H19NO2S. The Labute approximate surface area is 107 Å². The SMILES string of the molecule is CCSc1ccc(CCNC(=O)CCO)cc1. The van der Waals surface area contributed by atoms with Gasteiger partial charge < -0.3 is 10.4 Å². The number of hydrogen-bond donors (Lipinski definition) is 2. The maximum atomic E-state index is 11.1. The van der Waals surface area contributed by atoms with Gasteiger partial charge in [-0.3, -0.25) is 4.79 Å². The van der Waals surface area contributed by atoms with Crippen molar-refractivity contribution in [1.82, 2.24) is 5.32 Å². The molecule has 0 aromatic heterocycles. The van der Waals surface area contributed by atoms with Crippen LogP contribution in [0.15, 0.2) is 29.2 Å². The highest BCUT2D eigenvalue weighted by atomic mass is 32.2. The molecule has 0 unspecified atom stereocenters. The second-order valence-electron chi connectivity index (χ2n) is 3.65. The van der Waals surface area contributed by atoms with Crippen molar-refractivity contribution in [2.24, 2.45) is 0 Å². The second kappa shape index (κ2) is 8.14. The summed E-state index contributed by atoms with van der Waals surface area (Å²) in [6.07, 6.45) is 1.01. The van der Waals surface area contributed by atoms with Crippen LogP contribution in [-0.4, -0.2) is 29.9 Å².